The smallest absolute Gasteiger partial charge is 0.184 e. The number of ether oxygens (including phenoxy) is 2. The van der Waals surface area contributed by atoms with Crippen LogP contribution in [0.25, 0.3) is 0 Å². The molecule has 102 valence electrons. The van der Waals surface area contributed by atoms with Gasteiger partial charge in [0.25, 0.3) is 0 Å². The molecule has 0 aromatic carbocycles. The highest BCUT2D eigenvalue weighted by atomic mass is 16.6. The van der Waals surface area contributed by atoms with Gasteiger partial charge in [-0.3, -0.25) is 0 Å². The van der Waals surface area contributed by atoms with Gasteiger partial charge in [0.1, 0.15) is 24.4 Å². The van der Waals surface area contributed by atoms with Crippen molar-refractivity contribution >= 4 is 0 Å². The third kappa shape index (κ3) is 3.87. The zero-order valence-electron chi connectivity index (χ0n) is 10.2. The fraction of sp³-hybridized carbons (Fsp3) is 1.00. The van der Waals surface area contributed by atoms with Gasteiger partial charge in [0, 0.05) is 0 Å². The zero-order chi connectivity index (χ0) is 13.0. The van der Waals surface area contributed by atoms with Crippen molar-refractivity contribution in [2.45, 2.75) is 63.5 Å². The molecule has 1 saturated heterocycles. The standard InChI is InChI=1S/C11H22O6/c1-3-4-6(2)16-5-7-8(12)9(13)10(14)11(15)17-7/h6-15H,3-5H2,1-2H3. The van der Waals surface area contributed by atoms with Crippen molar-refractivity contribution in [3.8, 4) is 0 Å². The van der Waals surface area contributed by atoms with Crippen LogP contribution in [0.5, 0.6) is 0 Å². The summed E-state index contributed by atoms with van der Waals surface area (Å²) in [7, 11) is 0. The SMILES string of the molecule is CCCC(C)OCC1OC(O)C(O)C(O)C1O. The summed E-state index contributed by atoms with van der Waals surface area (Å²) in [6, 6.07) is 0. The molecule has 1 aliphatic rings. The molecule has 6 nitrogen and oxygen atoms in total. The van der Waals surface area contributed by atoms with Crippen molar-refractivity contribution in [3.63, 3.8) is 0 Å². The van der Waals surface area contributed by atoms with Gasteiger partial charge < -0.3 is 29.9 Å². The average Bonchev–Trinajstić information content (AvgIpc) is 2.30. The predicted molar refractivity (Wildman–Crippen MR) is 59.2 cm³/mol. The van der Waals surface area contributed by atoms with Crippen LogP contribution in [0.1, 0.15) is 26.7 Å². The van der Waals surface area contributed by atoms with Crippen molar-refractivity contribution in [3.05, 3.63) is 0 Å². The zero-order valence-corrected chi connectivity index (χ0v) is 10.2. The first-order valence-corrected chi connectivity index (χ1v) is 5.96. The van der Waals surface area contributed by atoms with Crippen molar-refractivity contribution in [2.75, 3.05) is 6.61 Å². The first-order valence-electron chi connectivity index (χ1n) is 5.96. The largest absolute Gasteiger partial charge is 0.387 e. The highest BCUT2D eigenvalue weighted by Gasteiger charge is 2.43. The summed E-state index contributed by atoms with van der Waals surface area (Å²) in [6.07, 6.45) is -4.61. The second-order valence-electron chi connectivity index (χ2n) is 4.47. The van der Waals surface area contributed by atoms with Gasteiger partial charge in [0.15, 0.2) is 6.29 Å². The number of hydrogen-bond donors (Lipinski definition) is 4. The Bertz CT molecular complexity index is 224. The summed E-state index contributed by atoms with van der Waals surface area (Å²) in [5.41, 5.74) is 0. The minimum Gasteiger partial charge on any atom is -0.387 e. The van der Waals surface area contributed by atoms with E-state index < -0.39 is 30.7 Å². The van der Waals surface area contributed by atoms with E-state index in [1.165, 1.54) is 0 Å². The van der Waals surface area contributed by atoms with E-state index in [1.807, 2.05) is 13.8 Å². The van der Waals surface area contributed by atoms with Crippen LogP contribution in [-0.2, 0) is 9.47 Å². The van der Waals surface area contributed by atoms with Crippen LogP contribution in [0.3, 0.4) is 0 Å². The van der Waals surface area contributed by atoms with Gasteiger partial charge in [-0.2, -0.15) is 0 Å². The maximum atomic E-state index is 9.64. The molecule has 0 aromatic heterocycles. The Morgan fingerprint density at radius 2 is 1.76 bits per heavy atom. The van der Waals surface area contributed by atoms with E-state index in [-0.39, 0.29) is 12.7 Å². The Balaban J connectivity index is 2.42. The van der Waals surface area contributed by atoms with E-state index in [1.54, 1.807) is 0 Å². The third-order valence-electron chi connectivity index (χ3n) is 2.93. The minimum absolute atomic E-state index is 0.0249. The van der Waals surface area contributed by atoms with Gasteiger partial charge in [-0.25, -0.2) is 0 Å². The summed E-state index contributed by atoms with van der Waals surface area (Å²) < 4.78 is 10.4. The van der Waals surface area contributed by atoms with E-state index in [2.05, 4.69) is 0 Å². The Kier molecular flexibility index (Phi) is 5.78. The van der Waals surface area contributed by atoms with Gasteiger partial charge in [-0.1, -0.05) is 13.3 Å². The van der Waals surface area contributed by atoms with Gasteiger partial charge in [-0.15, -0.1) is 0 Å². The number of aliphatic hydroxyl groups excluding tert-OH is 4. The van der Waals surface area contributed by atoms with E-state index in [0.29, 0.717) is 0 Å². The molecule has 17 heavy (non-hydrogen) atoms. The Hall–Kier alpha value is -0.240. The molecule has 0 amide bonds. The quantitative estimate of drug-likeness (QED) is 0.499. The van der Waals surface area contributed by atoms with E-state index >= 15 is 0 Å². The van der Waals surface area contributed by atoms with Gasteiger partial charge >= 0.3 is 0 Å². The molecule has 6 atom stereocenters. The van der Waals surface area contributed by atoms with Crippen molar-refractivity contribution < 1.29 is 29.9 Å². The lowest BCUT2D eigenvalue weighted by molar-refractivity contribution is -0.290. The Morgan fingerprint density at radius 1 is 1.12 bits per heavy atom. The molecule has 6 unspecified atom stereocenters. The first kappa shape index (κ1) is 14.8. The Morgan fingerprint density at radius 3 is 2.35 bits per heavy atom. The van der Waals surface area contributed by atoms with E-state index in [4.69, 9.17) is 9.47 Å². The van der Waals surface area contributed by atoms with Crippen LogP contribution in [0.15, 0.2) is 0 Å². The second kappa shape index (κ2) is 6.63. The second-order valence-corrected chi connectivity index (χ2v) is 4.47. The molecule has 0 radical (unpaired) electrons. The molecule has 1 fully saturated rings. The maximum absolute atomic E-state index is 9.64. The van der Waals surface area contributed by atoms with Crippen LogP contribution < -0.4 is 0 Å². The lowest BCUT2D eigenvalue weighted by atomic mass is 9.99. The van der Waals surface area contributed by atoms with Crippen LogP contribution in [0.4, 0.5) is 0 Å². The summed E-state index contributed by atoms with van der Waals surface area (Å²) in [5.74, 6) is 0. The fourth-order valence-electron chi connectivity index (χ4n) is 1.82. The maximum Gasteiger partial charge on any atom is 0.184 e. The molecular formula is C11H22O6. The van der Waals surface area contributed by atoms with Gasteiger partial charge in [0.2, 0.25) is 0 Å². The van der Waals surface area contributed by atoms with Crippen LogP contribution >= 0.6 is 0 Å². The van der Waals surface area contributed by atoms with Crippen molar-refractivity contribution in [1.29, 1.82) is 0 Å². The normalized spacial score (nSPS) is 40.2. The molecule has 0 bridgehead atoms. The summed E-state index contributed by atoms with van der Waals surface area (Å²) >= 11 is 0. The number of hydrogen-bond acceptors (Lipinski definition) is 6. The molecule has 6 heteroatoms. The molecule has 1 heterocycles. The van der Waals surface area contributed by atoms with Crippen molar-refractivity contribution in [2.24, 2.45) is 0 Å². The van der Waals surface area contributed by atoms with Crippen LogP contribution in [0, 0.1) is 0 Å². The lowest BCUT2D eigenvalue weighted by Gasteiger charge is -2.38. The molecule has 1 rings (SSSR count). The molecule has 1 aliphatic heterocycles. The highest BCUT2D eigenvalue weighted by molar-refractivity contribution is 4.88. The van der Waals surface area contributed by atoms with E-state index in [9.17, 15) is 20.4 Å². The average molecular weight is 250 g/mol. The molecule has 0 aromatic rings. The molecule has 0 aliphatic carbocycles. The monoisotopic (exact) mass is 250 g/mol. The third-order valence-corrected chi connectivity index (χ3v) is 2.93. The number of aliphatic hydroxyl groups is 4. The first-order chi connectivity index (χ1) is 7.97. The summed E-state index contributed by atoms with van der Waals surface area (Å²) in [6.45, 7) is 4.01. The molecular weight excluding hydrogens is 228 g/mol. The summed E-state index contributed by atoms with van der Waals surface area (Å²) in [5, 5.41) is 37.7. The fourth-order valence-corrected chi connectivity index (χ4v) is 1.82. The van der Waals surface area contributed by atoms with Crippen LogP contribution in [0.2, 0.25) is 0 Å². The predicted octanol–water partition coefficient (Wildman–Crippen LogP) is -1.01. The van der Waals surface area contributed by atoms with Gasteiger partial charge in [-0.05, 0) is 13.3 Å². The highest BCUT2D eigenvalue weighted by Crippen LogP contribution is 2.20. The topological polar surface area (TPSA) is 99.4 Å². The molecule has 0 spiro atoms. The van der Waals surface area contributed by atoms with Gasteiger partial charge in [0.05, 0.1) is 12.7 Å². The molecule has 4 N–H and O–H groups in total. The van der Waals surface area contributed by atoms with E-state index in [0.717, 1.165) is 12.8 Å². The lowest BCUT2D eigenvalue weighted by Crippen LogP contribution is -2.58. The summed E-state index contributed by atoms with van der Waals surface area (Å²) in [4.78, 5) is 0. The van der Waals surface area contributed by atoms with Crippen LogP contribution in [-0.4, -0.2) is 63.8 Å². The van der Waals surface area contributed by atoms with Crippen molar-refractivity contribution in [1.82, 2.24) is 0 Å². The number of rotatable bonds is 5. The molecule has 0 saturated carbocycles. The Labute approximate surface area is 101 Å². The minimum atomic E-state index is -1.50.